The monoisotopic (exact) mass is 323 g/mol. The van der Waals surface area contributed by atoms with E-state index in [0.717, 1.165) is 20.3 Å². The van der Waals surface area contributed by atoms with Crippen LogP contribution in [-0.4, -0.2) is 10.1 Å². The van der Waals surface area contributed by atoms with Crippen LogP contribution in [0.1, 0.15) is 16.7 Å². The lowest BCUT2D eigenvalue weighted by atomic mass is 10.1. The lowest BCUT2D eigenvalue weighted by Gasteiger charge is -2.04. The largest absolute Gasteiger partial charge is 0.457 e. The summed E-state index contributed by atoms with van der Waals surface area (Å²) in [5, 5.41) is 11.1. The van der Waals surface area contributed by atoms with Crippen molar-refractivity contribution in [1.82, 2.24) is 4.98 Å². The zero-order chi connectivity index (χ0) is 12.5. The van der Waals surface area contributed by atoms with Crippen molar-refractivity contribution in [1.29, 1.82) is 0 Å². The minimum atomic E-state index is -0.634. The lowest BCUT2D eigenvalue weighted by molar-refractivity contribution is 0.153. The van der Waals surface area contributed by atoms with Gasteiger partial charge in [-0.05, 0) is 28.1 Å². The van der Waals surface area contributed by atoms with Gasteiger partial charge in [-0.1, -0.05) is 12.1 Å². The number of furan rings is 1. The van der Waals surface area contributed by atoms with Crippen LogP contribution in [0.5, 0.6) is 0 Å². The third-order valence-electron chi connectivity index (χ3n) is 2.72. The molecule has 0 aliphatic heterocycles. The molecular formula is C13H10BrNO2S. The highest BCUT2D eigenvalue weighted by molar-refractivity contribution is 9.10. The third kappa shape index (κ3) is 2.21. The first-order valence-electron chi connectivity index (χ1n) is 5.47. The molecule has 1 aromatic carbocycles. The summed E-state index contributed by atoms with van der Waals surface area (Å²) in [6.07, 6.45) is 1.67. The predicted octanol–water partition coefficient (Wildman–Crippen LogP) is 3.93. The fraction of sp³-hybridized carbons (Fsp3) is 0.154. The van der Waals surface area contributed by atoms with E-state index in [2.05, 4.69) is 20.9 Å². The first-order chi connectivity index (χ1) is 8.74. The maximum atomic E-state index is 10.2. The molecule has 2 aromatic heterocycles. The summed E-state index contributed by atoms with van der Waals surface area (Å²) in [5.74, 6) is 0.588. The molecule has 0 saturated heterocycles. The van der Waals surface area contributed by atoms with Crippen LogP contribution in [0.15, 0.2) is 44.9 Å². The summed E-state index contributed by atoms with van der Waals surface area (Å²) in [6, 6.07) is 7.71. The fourth-order valence-corrected chi connectivity index (χ4v) is 2.94. The number of fused-ring (bicyclic) bond motifs is 1. The molecule has 92 valence electrons. The maximum Gasteiger partial charge on any atom is 0.148 e. The molecule has 1 atom stereocenters. The van der Waals surface area contributed by atoms with Crippen molar-refractivity contribution >= 4 is 38.2 Å². The van der Waals surface area contributed by atoms with Gasteiger partial charge in [-0.2, -0.15) is 0 Å². The molecule has 0 bridgehead atoms. The Morgan fingerprint density at radius 1 is 1.44 bits per heavy atom. The van der Waals surface area contributed by atoms with Crippen LogP contribution in [0.3, 0.4) is 0 Å². The summed E-state index contributed by atoms with van der Waals surface area (Å²) < 4.78 is 6.60. The number of aliphatic hydroxyl groups is 1. The molecule has 3 nitrogen and oxygen atoms in total. The molecule has 1 unspecified atom stereocenters. The first kappa shape index (κ1) is 11.9. The van der Waals surface area contributed by atoms with Gasteiger partial charge in [0.05, 0.1) is 9.98 Å². The number of thiazole rings is 1. The Morgan fingerprint density at radius 2 is 2.33 bits per heavy atom. The van der Waals surface area contributed by atoms with E-state index < -0.39 is 6.10 Å². The lowest BCUT2D eigenvalue weighted by Crippen LogP contribution is -1.98. The third-order valence-corrected chi connectivity index (χ3v) is 4.15. The van der Waals surface area contributed by atoms with Gasteiger partial charge in [0.15, 0.2) is 0 Å². The van der Waals surface area contributed by atoms with Gasteiger partial charge in [-0.25, -0.2) is 0 Å². The number of rotatable bonds is 3. The quantitative estimate of drug-likeness (QED) is 0.794. The molecule has 0 aliphatic rings. The second-order valence-electron chi connectivity index (χ2n) is 3.99. The number of nitrogens with zero attached hydrogens (tertiary/aromatic N) is 1. The summed E-state index contributed by atoms with van der Waals surface area (Å²) in [7, 11) is 0. The van der Waals surface area contributed by atoms with E-state index in [0.29, 0.717) is 12.2 Å². The van der Waals surface area contributed by atoms with E-state index in [4.69, 9.17) is 4.42 Å². The van der Waals surface area contributed by atoms with Crippen molar-refractivity contribution in [3.63, 3.8) is 0 Å². The van der Waals surface area contributed by atoms with Gasteiger partial charge < -0.3 is 9.52 Å². The molecule has 0 spiro atoms. The summed E-state index contributed by atoms with van der Waals surface area (Å²) >= 11 is 4.97. The molecule has 0 amide bonds. The number of hydrogen-bond acceptors (Lipinski definition) is 4. The Labute approximate surface area is 116 Å². The van der Waals surface area contributed by atoms with Gasteiger partial charge in [-0.3, -0.25) is 4.98 Å². The van der Waals surface area contributed by atoms with Crippen LogP contribution >= 0.6 is 27.3 Å². The van der Waals surface area contributed by atoms with E-state index in [1.54, 1.807) is 11.7 Å². The van der Waals surface area contributed by atoms with Crippen LogP contribution < -0.4 is 0 Å². The first-order valence-corrected chi connectivity index (χ1v) is 7.14. The summed E-state index contributed by atoms with van der Waals surface area (Å²) in [5.41, 5.74) is 2.54. The average Bonchev–Trinajstić information content (AvgIpc) is 2.97. The zero-order valence-electron chi connectivity index (χ0n) is 9.34. The van der Waals surface area contributed by atoms with Crippen LogP contribution in [-0.2, 0) is 6.42 Å². The SMILES string of the molecule is OC(Cc1cncs1)c1cc2cccc(Br)c2o1. The second-order valence-corrected chi connectivity index (χ2v) is 5.82. The standard InChI is InChI=1S/C13H10BrNO2S/c14-10-3-1-2-8-4-12(17-13(8)10)11(16)5-9-6-15-7-18-9/h1-4,6-7,11,16H,5H2. The highest BCUT2D eigenvalue weighted by Gasteiger charge is 2.15. The van der Waals surface area contributed by atoms with Crippen molar-refractivity contribution in [3.05, 3.63) is 51.1 Å². The summed E-state index contributed by atoms with van der Waals surface area (Å²) in [6.45, 7) is 0. The maximum absolute atomic E-state index is 10.2. The highest BCUT2D eigenvalue weighted by Crippen LogP contribution is 2.31. The normalized spacial score (nSPS) is 13.0. The zero-order valence-corrected chi connectivity index (χ0v) is 11.7. The Bertz CT molecular complexity index is 663. The van der Waals surface area contributed by atoms with E-state index >= 15 is 0 Å². The van der Waals surface area contributed by atoms with Crippen molar-refractivity contribution < 1.29 is 9.52 Å². The molecule has 1 N–H and O–H groups in total. The van der Waals surface area contributed by atoms with Gasteiger partial charge in [-0.15, -0.1) is 11.3 Å². The number of hydrogen-bond donors (Lipinski definition) is 1. The molecule has 18 heavy (non-hydrogen) atoms. The van der Waals surface area contributed by atoms with Gasteiger partial charge in [0.2, 0.25) is 0 Å². The van der Waals surface area contributed by atoms with E-state index in [9.17, 15) is 5.11 Å². The van der Waals surface area contributed by atoms with Crippen molar-refractivity contribution in [2.24, 2.45) is 0 Å². The topological polar surface area (TPSA) is 46.3 Å². The summed E-state index contributed by atoms with van der Waals surface area (Å²) in [4.78, 5) is 5.04. The number of halogens is 1. The van der Waals surface area contributed by atoms with Crippen molar-refractivity contribution in [2.75, 3.05) is 0 Å². The number of para-hydroxylation sites is 1. The van der Waals surface area contributed by atoms with E-state index in [1.807, 2.05) is 24.3 Å². The molecular weight excluding hydrogens is 314 g/mol. The minimum absolute atomic E-state index is 0.530. The smallest absolute Gasteiger partial charge is 0.148 e. The Hall–Kier alpha value is -1.17. The van der Waals surface area contributed by atoms with Gasteiger partial charge in [0, 0.05) is 22.9 Å². The van der Waals surface area contributed by atoms with Crippen LogP contribution in [0.2, 0.25) is 0 Å². The van der Waals surface area contributed by atoms with Crippen LogP contribution in [0.4, 0.5) is 0 Å². The number of benzene rings is 1. The predicted molar refractivity (Wildman–Crippen MR) is 74.7 cm³/mol. The Balaban J connectivity index is 1.92. The minimum Gasteiger partial charge on any atom is -0.457 e. The molecule has 3 aromatic rings. The van der Waals surface area contributed by atoms with Gasteiger partial charge in [0.1, 0.15) is 17.4 Å². The van der Waals surface area contributed by atoms with Crippen LogP contribution in [0, 0.1) is 0 Å². The van der Waals surface area contributed by atoms with Crippen molar-refractivity contribution in [2.45, 2.75) is 12.5 Å². The average molecular weight is 324 g/mol. The molecule has 2 heterocycles. The number of aromatic nitrogens is 1. The van der Waals surface area contributed by atoms with E-state index in [-0.39, 0.29) is 0 Å². The molecule has 0 fully saturated rings. The van der Waals surface area contributed by atoms with Gasteiger partial charge >= 0.3 is 0 Å². The molecule has 5 heteroatoms. The molecule has 0 aliphatic carbocycles. The van der Waals surface area contributed by atoms with Crippen LogP contribution in [0.25, 0.3) is 11.0 Å². The second kappa shape index (κ2) is 4.84. The molecule has 0 saturated carbocycles. The Morgan fingerprint density at radius 3 is 3.06 bits per heavy atom. The Kier molecular flexibility index (Phi) is 3.20. The van der Waals surface area contributed by atoms with Gasteiger partial charge in [0.25, 0.3) is 0 Å². The molecule has 3 rings (SSSR count). The van der Waals surface area contributed by atoms with Crippen molar-refractivity contribution in [3.8, 4) is 0 Å². The highest BCUT2D eigenvalue weighted by atomic mass is 79.9. The molecule has 0 radical (unpaired) electrons. The van der Waals surface area contributed by atoms with E-state index in [1.165, 1.54) is 11.3 Å². The fourth-order valence-electron chi connectivity index (χ4n) is 1.85. The number of aliphatic hydroxyl groups excluding tert-OH is 1.